The molecule has 2 heterocycles. The first-order valence-electron chi connectivity index (χ1n) is 6.59. The number of nitrogens with zero attached hydrogens (tertiary/aromatic N) is 2. The third-order valence-corrected chi connectivity index (χ3v) is 5.63. The van der Waals surface area contributed by atoms with Gasteiger partial charge in [-0.2, -0.15) is 0 Å². The molecule has 0 saturated carbocycles. The lowest BCUT2D eigenvalue weighted by atomic mass is 9.99. The average molecular weight is 286 g/mol. The molecule has 1 saturated heterocycles. The van der Waals surface area contributed by atoms with Crippen LogP contribution in [-0.2, 0) is 0 Å². The molecule has 0 spiro atoms. The summed E-state index contributed by atoms with van der Waals surface area (Å²) in [6.45, 7) is 7.41. The number of aromatic nitrogens is 1. The normalized spacial score (nSPS) is 20.2. The summed E-state index contributed by atoms with van der Waals surface area (Å²) in [5.74, 6) is 1.60. The Kier molecular flexibility index (Phi) is 5.48. The monoisotopic (exact) mass is 286 g/mol. The van der Waals surface area contributed by atoms with Gasteiger partial charge in [0.1, 0.15) is 4.34 Å². The maximum atomic E-state index is 10.0. The van der Waals surface area contributed by atoms with E-state index in [9.17, 15) is 5.11 Å². The van der Waals surface area contributed by atoms with Crippen LogP contribution in [0.15, 0.2) is 9.72 Å². The van der Waals surface area contributed by atoms with Crippen LogP contribution in [-0.4, -0.2) is 46.5 Å². The fourth-order valence-corrected chi connectivity index (χ4v) is 3.95. The van der Waals surface area contributed by atoms with Gasteiger partial charge in [-0.3, -0.25) is 0 Å². The number of rotatable bonds is 5. The van der Waals surface area contributed by atoms with Gasteiger partial charge in [-0.05, 0) is 38.8 Å². The second-order valence-electron chi connectivity index (χ2n) is 5.20. The molecule has 0 bridgehead atoms. The SMILES string of the molecule is Cc1csc(SCC(O)CN2CCC(C)CC2)n1. The molecule has 102 valence electrons. The van der Waals surface area contributed by atoms with Crippen LogP contribution in [0.5, 0.6) is 0 Å². The maximum Gasteiger partial charge on any atom is 0.150 e. The fourth-order valence-electron chi connectivity index (χ4n) is 2.16. The minimum Gasteiger partial charge on any atom is -0.391 e. The van der Waals surface area contributed by atoms with Crippen molar-refractivity contribution in [3.8, 4) is 0 Å². The van der Waals surface area contributed by atoms with E-state index in [1.807, 2.05) is 6.92 Å². The van der Waals surface area contributed by atoms with Crippen LogP contribution in [0.1, 0.15) is 25.5 Å². The molecular formula is C13H22N2OS2. The Balaban J connectivity index is 1.67. The Bertz CT molecular complexity index is 362. The summed E-state index contributed by atoms with van der Waals surface area (Å²) >= 11 is 3.33. The Hall–Kier alpha value is -0.100. The van der Waals surface area contributed by atoms with Crippen LogP contribution >= 0.6 is 23.1 Å². The second-order valence-corrected chi connectivity index (χ2v) is 7.33. The number of β-amino-alcohol motifs (C(OH)–C–C–N with tert-alkyl or cyclic N) is 1. The van der Waals surface area contributed by atoms with Crippen LogP contribution in [0.2, 0.25) is 0 Å². The van der Waals surface area contributed by atoms with Crippen molar-refractivity contribution < 1.29 is 5.11 Å². The van der Waals surface area contributed by atoms with E-state index in [-0.39, 0.29) is 6.10 Å². The van der Waals surface area contributed by atoms with E-state index in [1.165, 1.54) is 12.8 Å². The van der Waals surface area contributed by atoms with Gasteiger partial charge in [0.05, 0.1) is 6.10 Å². The van der Waals surface area contributed by atoms with Gasteiger partial charge in [0.15, 0.2) is 0 Å². The number of aryl methyl sites for hydroxylation is 1. The van der Waals surface area contributed by atoms with Crippen molar-refractivity contribution in [1.82, 2.24) is 9.88 Å². The Morgan fingerprint density at radius 3 is 2.89 bits per heavy atom. The van der Waals surface area contributed by atoms with E-state index in [1.54, 1.807) is 23.1 Å². The molecule has 1 aromatic heterocycles. The zero-order chi connectivity index (χ0) is 13.0. The zero-order valence-electron chi connectivity index (χ0n) is 11.1. The van der Waals surface area contributed by atoms with Crippen LogP contribution in [0.3, 0.4) is 0 Å². The number of hydrogen-bond acceptors (Lipinski definition) is 5. The number of thioether (sulfide) groups is 1. The minimum atomic E-state index is -0.243. The van der Waals surface area contributed by atoms with Crippen molar-refractivity contribution >= 4 is 23.1 Å². The van der Waals surface area contributed by atoms with E-state index in [2.05, 4.69) is 22.2 Å². The van der Waals surface area contributed by atoms with Gasteiger partial charge in [-0.15, -0.1) is 11.3 Å². The Morgan fingerprint density at radius 2 is 2.28 bits per heavy atom. The molecule has 1 aromatic rings. The van der Waals surface area contributed by atoms with Gasteiger partial charge >= 0.3 is 0 Å². The van der Waals surface area contributed by atoms with Crippen LogP contribution in [0.4, 0.5) is 0 Å². The summed E-state index contributed by atoms with van der Waals surface area (Å²) < 4.78 is 1.07. The Labute approximate surface area is 118 Å². The molecule has 0 aromatic carbocycles. The molecule has 0 aliphatic carbocycles. The van der Waals surface area contributed by atoms with Crippen molar-refractivity contribution in [3.63, 3.8) is 0 Å². The van der Waals surface area contributed by atoms with Crippen molar-refractivity contribution in [2.24, 2.45) is 5.92 Å². The largest absolute Gasteiger partial charge is 0.391 e. The summed E-state index contributed by atoms with van der Waals surface area (Å²) in [6, 6.07) is 0. The van der Waals surface area contributed by atoms with Crippen molar-refractivity contribution in [3.05, 3.63) is 11.1 Å². The molecule has 1 fully saturated rings. The maximum absolute atomic E-state index is 10.0. The van der Waals surface area contributed by atoms with Crippen LogP contribution in [0.25, 0.3) is 0 Å². The highest BCUT2D eigenvalue weighted by Gasteiger charge is 2.18. The summed E-state index contributed by atoms with van der Waals surface area (Å²) in [6.07, 6.45) is 2.30. The summed E-state index contributed by atoms with van der Waals surface area (Å²) in [7, 11) is 0. The summed E-state index contributed by atoms with van der Waals surface area (Å²) in [5, 5.41) is 12.1. The first kappa shape index (κ1) is 14.3. The van der Waals surface area contributed by atoms with Gasteiger partial charge in [-0.25, -0.2) is 4.98 Å². The van der Waals surface area contributed by atoms with Gasteiger partial charge in [0.2, 0.25) is 0 Å². The molecule has 1 aliphatic rings. The number of thiazole rings is 1. The molecule has 0 radical (unpaired) electrons. The van der Waals surface area contributed by atoms with Crippen molar-refractivity contribution in [2.45, 2.75) is 37.1 Å². The lowest BCUT2D eigenvalue weighted by Gasteiger charge is -2.31. The number of aliphatic hydroxyl groups is 1. The molecule has 18 heavy (non-hydrogen) atoms. The third kappa shape index (κ3) is 4.53. The van der Waals surface area contributed by atoms with Crippen molar-refractivity contribution in [2.75, 3.05) is 25.4 Å². The molecule has 2 rings (SSSR count). The van der Waals surface area contributed by atoms with Crippen LogP contribution in [0, 0.1) is 12.8 Å². The second kappa shape index (κ2) is 6.89. The topological polar surface area (TPSA) is 36.4 Å². The van der Waals surface area contributed by atoms with Crippen LogP contribution < -0.4 is 0 Å². The highest BCUT2D eigenvalue weighted by Crippen LogP contribution is 2.23. The highest BCUT2D eigenvalue weighted by atomic mass is 32.2. The lowest BCUT2D eigenvalue weighted by Crippen LogP contribution is -2.39. The first-order chi connectivity index (χ1) is 8.63. The quantitative estimate of drug-likeness (QED) is 0.844. The molecule has 0 amide bonds. The predicted octanol–water partition coefficient (Wildman–Crippen LogP) is 2.64. The smallest absolute Gasteiger partial charge is 0.150 e. The molecule has 5 heteroatoms. The zero-order valence-corrected chi connectivity index (χ0v) is 12.8. The van der Waals surface area contributed by atoms with Crippen molar-refractivity contribution in [1.29, 1.82) is 0 Å². The minimum absolute atomic E-state index is 0.243. The van der Waals surface area contributed by atoms with E-state index >= 15 is 0 Å². The van der Waals surface area contributed by atoms with Gasteiger partial charge in [-0.1, -0.05) is 18.7 Å². The molecule has 1 N–H and O–H groups in total. The third-order valence-electron chi connectivity index (χ3n) is 3.34. The number of piperidine rings is 1. The molecule has 1 aliphatic heterocycles. The Morgan fingerprint density at radius 1 is 1.56 bits per heavy atom. The fraction of sp³-hybridized carbons (Fsp3) is 0.769. The standard InChI is InChI=1S/C13H22N2OS2/c1-10-3-5-15(6-4-10)7-12(16)9-18-13-14-11(2)8-17-13/h8,10,12,16H,3-7,9H2,1-2H3. The van der Waals surface area contributed by atoms with E-state index in [4.69, 9.17) is 0 Å². The molecule has 3 nitrogen and oxygen atoms in total. The van der Waals surface area contributed by atoms with Gasteiger partial charge in [0.25, 0.3) is 0 Å². The summed E-state index contributed by atoms with van der Waals surface area (Å²) in [5.41, 5.74) is 1.07. The predicted molar refractivity (Wildman–Crippen MR) is 78.4 cm³/mol. The van der Waals surface area contributed by atoms with Gasteiger partial charge in [0, 0.05) is 23.4 Å². The van der Waals surface area contributed by atoms with E-state index < -0.39 is 0 Å². The molecule has 1 unspecified atom stereocenters. The average Bonchev–Trinajstić information content (AvgIpc) is 2.76. The van der Waals surface area contributed by atoms with E-state index in [0.717, 1.165) is 41.3 Å². The summed E-state index contributed by atoms with van der Waals surface area (Å²) in [4.78, 5) is 6.78. The number of aliphatic hydroxyl groups excluding tert-OH is 1. The molecule has 1 atom stereocenters. The highest BCUT2D eigenvalue weighted by molar-refractivity contribution is 8.01. The van der Waals surface area contributed by atoms with Gasteiger partial charge < -0.3 is 10.0 Å². The van der Waals surface area contributed by atoms with E-state index in [0.29, 0.717) is 0 Å². The number of hydrogen-bond donors (Lipinski definition) is 1. The number of likely N-dealkylation sites (tertiary alicyclic amines) is 1. The first-order valence-corrected chi connectivity index (χ1v) is 8.45. The lowest BCUT2D eigenvalue weighted by molar-refractivity contribution is 0.105. The molecular weight excluding hydrogens is 264 g/mol.